The van der Waals surface area contributed by atoms with E-state index in [-0.39, 0.29) is 11.2 Å². The van der Waals surface area contributed by atoms with Gasteiger partial charge < -0.3 is 0 Å². The monoisotopic (exact) mass is 324 g/mol. The van der Waals surface area contributed by atoms with Gasteiger partial charge in [-0.15, -0.1) is 11.8 Å². The Morgan fingerprint density at radius 1 is 1.19 bits per heavy atom. The Bertz CT molecular complexity index is 492. The van der Waals surface area contributed by atoms with Crippen molar-refractivity contribution >= 4 is 35.0 Å². The summed E-state index contributed by atoms with van der Waals surface area (Å²) in [7, 11) is 0. The summed E-state index contributed by atoms with van der Waals surface area (Å²) in [5, 5.41) is 4.83. The Kier molecular flexibility index (Phi) is 6.58. The number of hydrazone groups is 1. The van der Waals surface area contributed by atoms with Gasteiger partial charge in [0, 0.05) is 15.6 Å². The molecule has 1 aromatic rings. The van der Waals surface area contributed by atoms with Crippen LogP contribution in [0.1, 0.15) is 45.4 Å². The minimum Gasteiger partial charge on any atom is -0.272 e. The zero-order chi connectivity index (χ0) is 15.1. The van der Waals surface area contributed by atoms with Crippen LogP contribution in [0.15, 0.2) is 34.3 Å². The number of halogens is 1. The summed E-state index contributed by atoms with van der Waals surface area (Å²) in [4.78, 5) is 13.1. The normalized spacial score (nSPS) is 17.0. The van der Waals surface area contributed by atoms with E-state index < -0.39 is 0 Å². The molecule has 0 aliphatic heterocycles. The molecule has 0 aromatic heterocycles. The number of rotatable bonds is 4. The van der Waals surface area contributed by atoms with Crippen LogP contribution in [0.4, 0.5) is 0 Å². The minimum absolute atomic E-state index is 0.0494. The lowest BCUT2D eigenvalue weighted by molar-refractivity contribution is -0.120. The molecule has 0 bridgehead atoms. The summed E-state index contributed by atoms with van der Waals surface area (Å²) >= 11 is 7.36. The Hall–Kier alpha value is -1.00. The average Bonchev–Trinajstić information content (AvgIpc) is 2.75. The second-order valence-corrected chi connectivity index (χ2v) is 7.13. The maximum atomic E-state index is 12.1. The molecule has 1 atom stereocenters. The summed E-state index contributed by atoms with van der Waals surface area (Å²) in [6.45, 7) is 1.89. The zero-order valence-corrected chi connectivity index (χ0v) is 13.8. The van der Waals surface area contributed by atoms with Crippen molar-refractivity contribution < 1.29 is 4.79 Å². The molecular weight excluding hydrogens is 304 g/mol. The third-order valence-corrected chi connectivity index (χ3v) is 4.86. The second-order valence-electron chi connectivity index (χ2n) is 5.28. The van der Waals surface area contributed by atoms with Gasteiger partial charge in [-0.25, -0.2) is 5.43 Å². The molecule has 1 fully saturated rings. The first-order valence-corrected chi connectivity index (χ1v) is 8.68. The fraction of sp³-hybridized carbons (Fsp3) is 0.500. The SMILES string of the molecule is C[C@@H](Sc1ccc(Cl)cc1)C(=O)NN=C1CCCCCC1. The number of carbonyl (C=O) groups is 1. The van der Waals surface area contributed by atoms with Gasteiger partial charge in [0.1, 0.15) is 0 Å². The van der Waals surface area contributed by atoms with E-state index in [1.807, 2.05) is 31.2 Å². The lowest BCUT2D eigenvalue weighted by atomic mass is 10.2. The fourth-order valence-electron chi connectivity index (χ4n) is 2.24. The maximum Gasteiger partial charge on any atom is 0.253 e. The number of thioether (sulfide) groups is 1. The first kappa shape index (κ1) is 16.4. The predicted octanol–water partition coefficient (Wildman–Crippen LogP) is 4.65. The first-order chi connectivity index (χ1) is 10.1. The van der Waals surface area contributed by atoms with E-state index >= 15 is 0 Å². The van der Waals surface area contributed by atoms with E-state index in [1.54, 1.807) is 0 Å². The molecule has 0 spiro atoms. The quantitative estimate of drug-likeness (QED) is 0.497. The van der Waals surface area contributed by atoms with Gasteiger partial charge in [0.25, 0.3) is 5.91 Å². The summed E-state index contributed by atoms with van der Waals surface area (Å²) in [6, 6.07) is 7.52. The van der Waals surface area contributed by atoms with E-state index in [9.17, 15) is 4.79 Å². The molecular formula is C16H21ClN2OS. The number of benzene rings is 1. The maximum absolute atomic E-state index is 12.1. The van der Waals surface area contributed by atoms with Crippen LogP contribution in [-0.2, 0) is 4.79 Å². The van der Waals surface area contributed by atoms with Crippen molar-refractivity contribution in [2.24, 2.45) is 5.10 Å². The third-order valence-electron chi connectivity index (χ3n) is 3.50. The second kappa shape index (κ2) is 8.44. The summed E-state index contributed by atoms with van der Waals surface area (Å²) in [6.07, 6.45) is 6.94. The molecule has 1 aliphatic carbocycles. The Morgan fingerprint density at radius 3 is 2.43 bits per heavy atom. The highest BCUT2D eigenvalue weighted by molar-refractivity contribution is 8.00. The van der Waals surface area contributed by atoms with Crippen molar-refractivity contribution in [1.82, 2.24) is 5.43 Å². The summed E-state index contributed by atoms with van der Waals surface area (Å²) in [5.41, 5.74) is 3.84. The molecule has 1 aromatic carbocycles. The topological polar surface area (TPSA) is 41.5 Å². The Balaban J connectivity index is 1.84. The van der Waals surface area contributed by atoms with Crippen LogP contribution >= 0.6 is 23.4 Å². The van der Waals surface area contributed by atoms with Crippen LogP contribution in [0.25, 0.3) is 0 Å². The number of carbonyl (C=O) groups excluding carboxylic acids is 1. The lowest BCUT2D eigenvalue weighted by Gasteiger charge is -2.10. The summed E-state index contributed by atoms with van der Waals surface area (Å²) in [5.74, 6) is -0.0494. The van der Waals surface area contributed by atoms with Crippen molar-refractivity contribution in [2.45, 2.75) is 55.6 Å². The van der Waals surface area contributed by atoms with Crippen LogP contribution in [-0.4, -0.2) is 16.9 Å². The van der Waals surface area contributed by atoms with E-state index in [2.05, 4.69) is 10.5 Å². The van der Waals surface area contributed by atoms with Gasteiger partial charge in [0.05, 0.1) is 5.25 Å². The largest absolute Gasteiger partial charge is 0.272 e. The molecule has 0 heterocycles. The fourth-order valence-corrected chi connectivity index (χ4v) is 3.23. The van der Waals surface area contributed by atoms with Crippen LogP contribution in [0.2, 0.25) is 5.02 Å². The van der Waals surface area contributed by atoms with Crippen LogP contribution in [0, 0.1) is 0 Å². The van der Waals surface area contributed by atoms with E-state index in [4.69, 9.17) is 11.6 Å². The van der Waals surface area contributed by atoms with Gasteiger partial charge in [0.15, 0.2) is 0 Å². The molecule has 0 radical (unpaired) electrons. The molecule has 1 amide bonds. The highest BCUT2D eigenvalue weighted by Crippen LogP contribution is 2.24. The van der Waals surface area contributed by atoms with E-state index in [1.165, 1.54) is 37.4 Å². The molecule has 1 N–H and O–H groups in total. The predicted molar refractivity (Wildman–Crippen MR) is 90.1 cm³/mol. The standard InChI is InChI=1S/C16H21ClN2OS/c1-12(21-15-10-8-13(17)9-11-15)16(20)19-18-14-6-4-2-3-5-7-14/h8-12H,2-7H2,1H3,(H,19,20)/t12-/m1/s1. The van der Waals surface area contributed by atoms with Crippen LogP contribution in [0.5, 0.6) is 0 Å². The molecule has 114 valence electrons. The van der Waals surface area contributed by atoms with Crippen molar-refractivity contribution in [3.63, 3.8) is 0 Å². The highest BCUT2D eigenvalue weighted by Gasteiger charge is 2.14. The van der Waals surface area contributed by atoms with Crippen molar-refractivity contribution in [3.8, 4) is 0 Å². The van der Waals surface area contributed by atoms with Crippen molar-refractivity contribution in [2.75, 3.05) is 0 Å². The number of nitrogens with one attached hydrogen (secondary N) is 1. The summed E-state index contributed by atoms with van der Waals surface area (Å²) < 4.78 is 0. The zero-order valence-electron chi connectivity index (χ0n) is 12.3. The number of hydrogen-bond donors (Lipinski definition) is 1. The molecule has 1 saturated carbocycles. The van der Waals surface area contributed by atoms with Crippen molar-refractivity contribution in [3.05, 3.63) is 29.3 Å². The molecule has 3 nitrogen and oxygen atoms in total. The lowest BCUT2D eigenvalue weighted by Crippen LogP contribution is -2.27. The van der Waals surface area contributed by atoms with E-state index in [0.717, 1.165) is 23.4 Å². The molecule has 1 aliphatic rings. The van der Waals surface area contributed by atoms with Gasteiger partial charge in [-0.2, -0.15) is 5.10 Å². The van der Waals surface area contributed by atoms with E-state index in [0.29, 0.717) is 5.02 Å². The van der Waals surface area contributed by atoms with Gasteiger partial charge in [0.2, 0.25) is 0 Å². The third kappa shape index (κ3) is 5.71. The Morgan fingerprint density at radius 2 is 1.81 bits per heavy atom. The van der Waals surface area contributed by atoms with Crippen LogP contribution in [0.3, 0.4) is 0 Å². The molecule has 5 heteroatoms. The Labute approximate surface area is 135 Å². The molecule has 0 unspecified atom stereocenters. The van der Waals surface area contributed by atoms with Gasteiger partial charge in [-0.3, -0.25) is 4.79 Å². The molecule has 0 saturated heterocycles. The average molecular weight is 325 g/mol. The number of nitrogens with zero attached hydrogens (tertiary/aromatic N) is 1. The minimum atomic E-state index is -0.179. The first-order valence-electron chi connectivity index (χ1n) is 7.42. The molecule has 21 heavy (non-hydrogen) atoms. The van der Waals surface area contributed by atoms with Crippen molar-refractivity contribution in [1.29, 1.82) is 0 Å². The van der Waals surface area contributed by atoms with Crippen LogP contribution < -0.4 is 5.43 Å². The number of amides is 1. The number of hydrogen-bond acceptors (Lipinski definition) is 3. The van der Waals surface area contributed by atoms with Gasteiger partial charge in [-0.05, 0) is 56.9 Å². The molecule has 2 rings (SSSR count). The smallest absolute Gasteiger partial charge is 0.253 e. The highest BCUT2D eigenvalue weighted by atomic mass is 35.5. The van der Waals surface area contributed by atoms with Gasteiger partial charge >= 0.3 is 0 Å². The van der Waals surface area contributed by atoms with Gasteiger partial charge in [-0.1, -0.05) is 24.4 Å².